The number of carbonyl (C=O) groups is 2. The first-order valence-electron chi connectivity index (χ1n) is 9.86. The van der Waals surface area contributed by atoms with Gasteiger partial charge in [0, 0.05) is 23.5 Å². The number of aromatic nitrogens is 1. The predicted octanol–water partition coefficient (Wildman–Crippen LogP) is 4.33. The van der Waals surface area contributed by atoms with Gasteiger partial charge in [-0.25, -0.2) is 0 Å². The second kappa shape index (κ2) is 8.07. The third-order valence-corrected chi connectivity index (χ3v) is 5.39. The maximum absolute atomic E-state index is 13.2. The van der Waals surface area contributed by atoms with Crippen LogP contribution in [0.1, 0.15) is 28.4 Å². The Balaban J connectivity index is 1.97. The molecule has 0 aliphatic carbocycles. The lowest BCUT2D eigenvalue weighted by molar-refractivity contribution is -0.132. The van der Waals surface area contributed by atoms with Crippen LogP contribution < -0.4 is 9.64 Å². The molecule has 0 radical (unpaired) electrons. The number of ether oxygens (including phenoxy) is 1. The van der Waals surface area contributed by atoms with Crippen molar-refractivity contribution in [2.45, 2.75) is 19.9 Å². The van der Waals surface area contributed by atoms with Gasteiger partial charge in [-0.1, -0.05) is 29.8 Å². The summed E-state index contributed by atoms with van der Waals surface area (Å²) in [6.45, 7) is 3.75. The molecule has 1 amide bonds. The molecule has 3 aromatic rings. The summed E-state index contributed by atoms with van der Waals surface area (Å²) in [7, 11) is 1.53. The van der Waals surface area contributed by atoms with E-state index in [0.717, 1.165) is 11.1 Å². The van der Waals surface area contributed by atoms with E-state index in [1.165, 1.54) is 12.0 Å². The van der Waals surface area contributed by atoms with Crippen molar-refractivity contribution < 1.29 is 19.4 Å². The Hall–Kier alpha value is -3.93. The van der Waals surface area contributed by atoms with Gasteiger partial charge in [0.15, 0.2) is 0 Å². The Morgan fingerprint density at radius 2 is 1.84 bits per heavy atom. The van der Waals surface area contributed by atoms with Crippen molar-refractivity contribution in [3.63, 3.8) is 0 Å². The monoisotopic (exact) mass is 414 g/mol. The number of aliphatic hydroxyl groups excluding tert-OH is 1. The summed E-state index contributed by atoms with van der Waals surface area (Å²) in [5, 5.41) is 11.2. The number of benzene rings is 2. The number of anilines is 1. The number of aryl methyl sites for hydroxylation is 2. The third kappa shape index (κ3) is 3.57. The summed E-state index contributed by atoms with van der Waals surface area (Å²) >= 11 is 0. The lowest BCUT2D eigenvalue weighted by Crippen LogP contribution is -2.29. The Morgan fingerprint density at radius 3 is 2.55 bits per heavy atom. The van der Waals surface area contributed by atoms with Gasteiger partial charge in [-0.3, -0.25) is 19.5 Å². The first-order valence-corrected chi connectivity index (χ1v) is 9.86. The highest BCUT2D eigenvalue weighted by Gasteiger charge is 2.47. The van der Waals surface area contributed by atoms with Gasteiger partial charge >= 0.3 is 0 Å². The number of ketones is 1. The highest BCUT2D eigenvalue weighted by atomic mass is 16.5. The van der Waals surface area contributed by atoms with Gasteiger partial charge in [-0.2, -0.15) is 0 Å². The van der Waals surface area contributed by atoms with E-state index in [2.05, 4.69) is 4.98 Å². The van der Waals surface area contributed by atoms with Crippen LogP contribution in [0.4, 0.5) is 5.69 Å². The van der Waals surface area contributed by atoms with Crippen LogP contribution in [0.15, 0.2) is 72.4 Å². The molecular formula is C25H22N2O4. The summed E-state index contributed by atoms with van der Waals surface area (Å²) < 4.78 is 5.29. The van der Waals surface area contributed by atoms with Crippen molar-refractivity contribution in [1.29, 1.82) is 0 Å². The summed E-state index contributed by atoms with van der Waals surface area (Å²) in [5.41, 5.74) is 3.23. The molecule has 6 heteroatoms. The highest BCUT2D eigenvalue weighted by Crippen LogP contribution is 2.42. The number of pyridine rings is 1. The highest BCUT2D eigenvalue weighted by molar-refractivity contribution is 6.51. The van der Waals surface area contributed by atoms with Crippen molar-refractivity contribution in [3.8, 4) is 5.75 Å². The molecule has 2 heterocycles. The number of hydrogen-bond donors (Lipinski definition) is 1. The second-order valence-electron chi connectivity index (χ2n) is 7.44. The fourth-order valence-electron chi connectivity index (χ4n) is 3.81. The van der Waals surface area contributed by atoms with E-state index in [4.69, 9.17) is 4.74 Å². The number of hydrogen-bond acceptors (Lipinski definition) is 5. The van der Waals surface area contributed by atoms with Gasteiger partial charge in [0.2, 0.25) is 0 Å². The van der Waals surface area contributed by atoms with Crippen LogP contribution in [-0.2, 0) is 9.59 Å². The van der Waals surface area contributed by atoms with Gasteiger partial charge in [0.1, 0.15) is 17.6 Å². The Bertz CT molecular complexity index is 1200. The molecule has 156 valence electrons. The smallest absolute Gasteiger partial charge is 0.300 e. The van der Waals surface area contributed by atoms with Crippen molar-refractivity contribution in [2.24, 2.45) is 0 Å². The lowest BCUT2D eigenvalue weighted by atomic mass is 9.95. The minimum atomic E-state index is -0.867. The fraction of sp³-hybridized carbons (Fsp3) is 0.160. The standard InChI is InChI=1S/C25H22N2O4/c1-15-10-11-16(2)19(13-15)23(28)21-22(20-9-4-5-12-26-20)27(25(30)24(21)29)17-7-6-8-18(14-17)31-3/h4-14,22,28H,1-3H3/b23-21+. The van der Waals surface area contributed by atoms with E-state index >= 15 is 0 Å². The lowest BCUT2D eigenvalue weighted by Gasteiger charge is -2.25. The number of Topliss-reactive ketones (excluding diaryl/α,β-unsaturated/α-hetero) is 1. The average Bonchev–Trinajstić information content (AvgIpc) is 3.06. The molecular weight excluding hydrogens is 392 g/mol. The summed E-state index contributed by atoms with van der Waals surface area (Å²) in [5.74, 6) is -1.14. The molecule has 1 N–H and O–H groups in total. The normalized spacial score (nSPS) is 17.8. The molecule has 1 aliphatic heterocycles. The summed E-state index contributed by atoms with van der Waals surface area (Å²) in [6, 6.07) is 16.9. The van der Waals surface area contributed by atoms with Gasteiger partial charge in [-0.05, 0) is 49.7 Å². The maximum Gasteiger partial charge on any atom is 0.300 e. The molecule has 1 aromatic heterocycles. The number of amides is 1. The number of carbonyl (C=O) groups excluding carboxylic acids is 2. The van der Waals surface area contributed by atoms with Crippen molar-refractivity contribution >= 4 is 23.1 Å². The maximum atomic E-state index is 13.2. The van der Waals surface area contributed by atoms with Crippen molar-refractivity contribution in [1.82, 2.24) is 4.98 Å². The van der Waals surface area contributed by atoms with Crippen LogP contribution in [0.5, 0.6) is 5.75 Å². The largest absolute Gasteiger partial charge is 0.507 e. The Kier molecular flexibility index (Phi) is 5.29. The molecule has 4 rings (SSSR count). The van der Waals surface area contributed by atoms with E-state index in [1.54, 1.807) is 54.7 Å². The molecule has 0 bridgehead atoms. The minimum Gasteiger partial charge on any atom is -0.507 e. The number of nitrogens with zero attached hydrogens (tertiary/aromatic N) is 2. The van der Waals surface area contributed by atoms with E-state index in [-0.39, 0.29) is 11.3 Å². The molecule has 2 aromatic carbocycles. The zero-order valence-electron chi connectivity index (χ0n) is 17.5. The molecule has 0 spiro atoms. The molecule has 1 unspecified atom stereocenters. The quantitative estimate of drug-likeness (QED) is 0.390. The van der Waals surface area contributed by atoms with Crippen LogP contribution in [0, 0.1) is 13.8 Å². The number of rotatable bonds is 4. The van der Waals surface area contributed by atoms with E-state index < -0.39 is 17.7 Å². The van der Waals surface area contributed by atoms with Crippen LogP contribution in [0.2, 0.25) is 0 Å². The Morgan fingerprint density at radius 1 is 1.03 bits per heavy atom. The third-order valence-electron chi connectivity index (χ3n) is 5.39. The van der Waals surface area contributed by atoms with E-state index in [9.17, 15) is 14.7 Å². The molecule has 1 saturated heterocycles. The zero-order chi connectivity index (χ0) is 22.1. The van der Waals surface area contributed by atoms with Crippen molar-refractivity contribution in [2.75, 3.05) is 12.0 Å². The molecule has 1 aliphatic rings. The number of methoxy groups -OCH3 is 1. The first kappa shape index (κ1) is 20.3. The molecule has 31 heavy (non-hydrogen) atoms. The number of aliphatic hydroxyl groups is 1. The SMILES string of the molecule is COc1cccc(N2C(=O)C(=O)/C(=C(/O)c3cc(C)ccc3C)C2c2ccccn2)c1. The molecule has 6 nitrogen and oxygen atoms in total. The minimum absolute atomic E-state index is 0.0141. The van der Waals surface area contributed by atoms with Gasteiger partial charge in [0.25, 0.3) is 11.7 Å². The molecule has 1 atom stereocenters. The van der Waals surface area contributed by atoms with Gasteiger partial charge < -0.3 is 9.84 Å². The predicted molar refractivity (Wildman–Crippen MR) is 118 cm³/mol. The van der Waals surface area contributed by atoms with E-state index in [0.29, 0.717) is 22.7 Å². The van der Waals surface area contributed by atoms with Gasteiger partial charge in [-0.15, -0.1) is 0 Å². The van der Waals surface area contributed by atoms with Crippen LogP contribution >= 0.6 is 0 Å². The van der Waals surface area contributed by atoms with Gasteiger partial charge in [0.05, 0.1) is 18.4 Å². The summed E-state index contributed by atoms with van der Waals surface area (Å²) in [4.78, 5) is 32.1. The van der Waals surface area contributed by atoms with Crippen LogP contribution in [-0.4, -0.2) is 28.9 Å². The average molecular weight is 414 g/mol. The Labute approximate surface area is 180 Å². The van der Waals surface area contributed by atoms with Crippen molar-refractivity contribution in [3.05, 3.63) is 94.8 Å². The fourth-order valence-corrected chi connectivity index (χ4v) is 3.81. The zero-order valence-corrected chi connectivity index (χ0v) is 17.5. The molecule has 0 saturated carbocycles. The van der Waals surface area contributed by atoms with E-state index in [1.807, 2.05) is 26.0 Å². The van der Waals surface area contributed by atoms with Crippen LogP contribution in [0.3, 0.4) is 0 Å². The second-order valence-corrected chi connectivity index (χ2v) is 7.44. The first-order chi connectivity index (χ1) is 14.9. The van der Waals surface area contributed by atoms with Crippen LogP contribution in [0.25, 0.3) is 5.76 Å². The summed E-state index contributed by atoms with van der Waals surface area (Å²) in [6.07, 6.45) is 1.60. The molecule has 1 fully saturated rings. The topological polar surface area (TPSA) is 79.7 Å².